The van der Waals surface area contributed by atoms with Gasteiger partial charge in [-0.1, -0.05) is 19.1 Å². The Hall–Kier alpha value is -3.08. The lowest BCUT2D eigenvalue weighted by molar-refractivity contribution is 0.0999. The summed E-state index contributed by atoms with van der Waals surface area (Å²) in [6, 6.07) is 11.0. The zero-order valence-electron chi connectivity index (χ0n) is 14.5. The summed E-state index contributed by atoms with van der Waals surface area (Å²) in [5.41, 5.74) is 9.98. The number of nitrogens with zero attached hydrogens (tertiary/aromatic N) is 1. The standard InChI is InChI=1S/C21H18F2N2O/c1-12-11-25-8-7-16(12)15-3-5-17(21(24)26)18(9-15)13(2)14-4-6-19(22)20(23)10-14/h3-11,13H,1-2H3,(H2,24,26)/t13-/m0/s1. The van der Waals surface area contributed by atoms with Crippen LogP contribution in [0.1, 0.15) is 39.9 Å². The molecule has 3 nitrogen and oxygen atoms in total. The van der Waals surface area contributed by atoms with E-state index in [1.165, 1.54) is 6.07 Å². The van der Waals surface area contributed by atoms with Crippen LogP contribution in [-0.2, 0) is 0 Å². The molecule has 0 fully saturated rings. The number of carbonyl (C=O) groups excluding carboxylic acids is 1. The molecule has 3 aromatic rings. The smallest absolute Gasteiger partial charge is 0.248 e. The maximum atomic E-state index is 13.6. The number of aromatic nitrogens is 1. The van der Waals surface area contributed by atoms with E-state index in [1.807, 2.05) is 32.0 Å². The van der Waals surface area contributed by atoms with Gasteiger partial charge in [-0.3, -0.25) is 9.78 Å². The van der Waals surface area contributed by atoms with Crippen molar-refractivity contribution in [3.05, 3.63) is 88.7 Å². The number of pyridine rings is 1. The zero-order valence-corrected chi connectivity index (χ0v) is 14.5. The first-order chi connectivity index (χ1) is 12.4. The van der Waals surface area contributed by atoms with Crippen molar-refractivity contribution in [2.24, 2.45) is 5.73 Å². The minimum atomic E-state index is -0.920. The van der Waals surface area contributed by atoms with Gasteiger partial charge in [0.05, 0.1) is 0 Å². The molecule has 2 N–H and O–H groups in total. The molecule has 0 aliphatic rings. The van der Waals surface area contributed by atoms with Crippen molar-refractivity contribution in [1.29, 1.82) is 0 Å². The van der Waals surface area contributed by atoms with Crippen LogP contribution in [0.3, 0.4) is 0 Å². The Kier molecular flexibility index (Phi) is 4.80. The lowest BCUT2D eigenvalue weighted by atomic mass is 9.86. The van der Waals surface area contributed by atoms with Crippen molar-refractivity contribution in [3.8, 4) is 11.1 Å². The lowest BCUT2D eigenvalue weighted by Crippen LogP contribution is -2.15. The van der Waals surface area contributed by atoms with Gasteiger partial charge in [0.2, 0.25) is 5.91 Å². The molecule has 1 heterocycles. The number of hydrogen-bond donors (Lipinski definition) is 1. The van der Waals surface area contributed by atoms with Gasteiger partial charge < -0.3 is 5.73 Å². The molecule has 132 valence electrons. The summed E-state index contributed by atoms with van der Waals surface area (Å²) in [5, 5.41) is 0. The van der Waals surface area contributed by atoms with Gasteiger partial charge in [-0.2, -0.15) is 0 Å². The summed E-state index contributed by atoms with van der Waals surface area (Å²) in [7, 11) is 0. The van der Waals surface area contributed by atoms with Crippen LogP contribution in [0.5, 0.6) is 0 Å². The van der Waals surface area contributed by atoms with Gasteiger partial charge in [-0.15, -0.1) is 0 Å². The molecule has 0 aliphatic heterocycles. The molecule has 0 radical (unpaired) electrons. The quantitative estimate of drug-likeness (QED) is 0.747. The van der Waals surface area contributed by atoms with Crippen LogP contribution < -0.4 is 5.73 Å². The Morgan fingerprint density at radius 3 is 2.50 bits per heavy atom. The second-order valence-corrected chi connectivity index (χ2v) is 6.25. The molecule has 0 bridgehead atoms. The fourth-order valence-corrected chi connectivity index (χ4v) is 3.07. The third-order valence-electron chi connectivity index (χ3n) is 4.56. The molecule has 26 heavy (non-hydrogen) atoms. The molecule has 5 heteroatoms. The second-order valence-electron chi connectivity index (χ2n) is 6.25. The third-order valence-corrected chi connectivity index (χ3v) is 4.56. The molecule has 1 aromatic heterocycles. The predicted molar refractivity (Wildman–Crippen MR) is 96.8 cm³/mol. The first-order valence-electron chi connectivity index (χ1n) is 8.18. The van der Waals surface area contributed by atoms with Crippen LogP contribution in [0.25, 0.3) is 11.1 Å². The van der Waals surface area contributed by atoms with Crippen LogP contribution in [0, 0.1) is 18.6 Å². The predicted octanol–water partition coefficient (Wildman–Crippen LogP) is 4.59. The molecule has 0 saturated heterocycles. The number of benzene rings is 2. The van der Waals surface area contributed by atoms with Gasteiger partial charge in [-0.05, 0) is 65.1 Å². The number of rotatable bonds is 4. The summed E-state index contributed by atoms with van der Waals surface area (Å²) in [6.45, 7) is 3.78. The number of primary amides is 1. The normalized spacial score (nSPS) is 12.0. The molecule has 1 amide bonds. The van der Waals surface area contributed by atoms with Crippen LogP contribution >= 0.6 is 0 Å². The number of carbonyl (C=O) groups is 1. The molecule has 1 atom stereocenters. The van der Waals surface area contributed by atoms with Crippen LogP contribution in [0.15, 0.2) is 54.9 Å². The van der Waals surface area contributed by atoms with Crippen LogP contribution in [-0.4, -0.2) is 10.9 Å². The first kappa shape index (κ1) is 17.7. The van der Waals surface area contributed by atoms with Crippen molar-refractivity contribution in [3.63, 3.8) is 0 Å². The molecule has 2 aromatic carbocycles. The van der Waals surface area contributed by atoms with E-state index in [1.54, 1.807) is 18.5 Å². The van der Waals surface area contributed by atoms with Crippen LogP contribution in [0.4, 0.5) is 8.78 Å². The average Bonchev–Trinajstić information content (AvgIpc) is 2.63. The highest BCUT2D eigenvalue weighted by Gasteiger charge is 2.19. The van der Waals surface area contributed by atoms with Gasteiger partial charge in [0.1, 0.15) is 0 Å². The topological polar surface area (TPSA) is 56.0 Å². The Morgan fingerprint density at radius 1 is 1.08 bits per heavy atom. The first-order valence-corrected chi connectivity index (χ1v) is 8.18. The van der Waals surface area contributed by atoms with E-state index in [9.17, 15) is 13.6 Å². The van der Waals surface area contributed by atoms with Crippen molar-refractivity contribution in [2.75, 3.05) is 0 Å². The molecular formula is C21H18F2N2O. The number of halogens is 2. The van der Waals surface area contributed by atoms with Crippen molar-refractivity contribution < 1.29 is 13.6 Å². The zero-order chi connectivity index (χ0) is 18.8. The highest BCUT2D eigenvalue weighted by Crippen LogP contribution is 2.32. The van der Waals surface area contributed by atoms with E-state index < -0.39 is 17.5 Å². The summed E-state index contributed by atoms with van der Waals surface area (Å²) in [6.07, 6.45) is 3.46. The maximum Gasteiger partial charge on any atom is 0.248 e. The van der Waals surface area contributed by atoms with E-state index in [2.05, 4.69) is 4.98 Å². The van der Waals surface area contributed by atoms with Gasteiger partial charge in [0.15, 0.2) is 11.6 Å². The summed E-state index contributed by atoms with van der Waals surface area (Å²) < 4.78 is 26.9. The molecule has 0 saturated carbocycles. The number of nitrogens with two attached hydrogens (primary N) is 1. The Bertz CT molecular complexity index is 985. The Labute approximate surface area is 150 Å². The summed E-state index contributed by atoms with van der Waals surface area (Å²) in [5.74, 6) is -2.73. The Morgan fingerprint density at radius 2 is 1.85 bits per heavy atom. The average molecular weight is 352 g/mol. The number of aryl methyl sites for hydroxylation is 1. The van der Waals surface area contributed by atoms with Gasteiger partial charge in [0.25, 0.3) is 0 Å². The number of amides is 1. The monoisotopic (exact) mass is 352 g/mol. The van der Waals surface area contributed by atoms with E-state index in [-0.39, 0.29) is 5.92 Å². The minimum absolute atomic E-state index is 0.338. The summed E-state index contributed by atoms with van der Waals surface area (Å²) >= 11 is 0. The van der Waals surface area contributed by atoms with E-state index in [0.29, 0.717) is 16.7 Å². The fourth-order valence-electron chi connectivity index (χ4n) is 3.07. The third kappa shape index (κ3) is 3.33. The molecule has 3 rings (SSSR count). The molecule has 0 spiro atoms. The summed E-state index contributed by atoms with van der Waals surface area (Å²) in [4.78, 5) is 16.0. The Balaban J connectivity index is 2.14. The highest BCUT2D eigenvalue weighted by atomic mass is 19.2. The molecular weight excluding hydrogens is 334 g/mol. The largest absolute Gasteiger partial charge is 0.366 e. The van der Waals surface area contributed by atoms with Gasteiger partial charge in [-0.25, -0.2) is 8.78 Å². The maximum absolute atomic E-state index is 13.6. The van der Waals surface area contributed by atoms with Gasteiger partial charge in [0, 0.05) is 23.9 Å². The van der Waals surface area contributed by atoms with Crippen molar-refractivity contribution >= 4 is 5.91 Å². The minimum Gasteiger partial charge on any atom is -0.366 e. The molecule has 0 aliphatic carbocycles. The fraction of sp³-hybridized carbons (Fsp3) is 0.143. The van der Waals surface area contributed by atoms with E-state index in [0.717, 1.165) is 28.8 Å². The van der Waals surface area contributed by atoms with E-state index >= 15 is 0 Å². The SMILES string of the molecule is Cc1cnccc1-c1ccc(C(N)=O)c([C@@H](C)c2ccc(F)c(F)c2)c1. The van der Waals surface area contributed by atoms with Crippen LogP contribution in [0.2, 0.25) is 0 Å². The molecule has 0 unspecified atom stereocenters. The second kappa shape index (κ2) is 7.04. The van der Waals surface area contributed by atoms with E-state index in [4.69, 9.17) is 5.73 Å². The van der Waals surface area contributed by atoms with Gasteiger partial charge >= 0.3 is 0 Å². The number of hydrogen-bond acceptors (Lipinski definition) is 2. The van der Waals surface area contributed by atoms with Crippen molar-refractivity contribution in [1.82, 2.24) is 4.98 Å². The lowest BCUT2D eigenvalue weighted by Gasteiger charge is -2.18. The van der Waals surface area contributed by atoms with Crippen molar-refractivity contribution in [2.45, 2.75) is 19.8 Å². The highest BCUT2D eigenvalue weighted by molar-refractivity contribution is 5.95.